The second-order valence-electron chi connectivity index (χ2n) is 4.87. The number of halogens is 1. The Bertz CT molecular complexity index is 462. The summed E-state index contributed by atoms with van der Waals surface area (Å²) in [6.45, 7) is 4.38. The number of nitrogens with one attached hydrogen (secondary N) is 1. The zero-order valence-corrected chi connectivity index (χ0v) is 13.1. The summed E-state index contributed by atoms with van der Waals surface area (Å²) < 4.78 is 0.822. The fraction of sp³-hybridized carbons (Fsp3) is 0.462. The van der Waals surface area contributed by atoms with E-state index in [1.165, 1.54) is 0 Å². The first-order valence-corrected chi connectivity index (χ1v) is 7.01. The summed E-state index contributed by atoms with van der Waals surface area (Å²) in [5.74, 6) is -0.493. The van der Waals surface area contributed by atoms with E-state index in [1.807, 2.05) is 13.8 Å². The lowest BCUT2D eigenvalue weighted by molar-refractivity contribution is -0.138. The van der Waals surface area contributed by atoms with Crippen LogP contribution in [0.2, 0.25) is 0 Å². The van der Waals surface area contributed by atoms with E-state index in [9.17, 15) is 9.59 Å². The molecule has 0 aromatic carbocycles. The van der Waals surface area contributed by atoms with Crippen molar-refractivity contribution in [2.75, 3.05) is 25.0 Å². The average Bonchev–Trinajstić information content (AvgIpc) is 2.30. The van der Waals surface area contributed by atoms with E-state index < -0.39 is 5.97 Å². The second-order valence-corrected chi connectivity index (χ2v) is 5.78. The number of amides is 1. The van der Waals surface area contributed by atoms with Gasteiger partial charge in [-0.3, -0.25) is 14.5 Å². The molecule has 0 bridgehead atoms. The van der Waals surface area contributed by atoms with Gasteiger partial charge in [0.2, 0.25) is 5.91 Å². The predicted octanol–water partition coefficient (Wildman–Crippen LogP) is 1.83. The third-order valence-electron chi connectivity index (χ3n) is 2.34. The lowest BCUT2D eigenvalue weighted by Gasteiger charge is -2.21. The van der Waals surface area contributed by atoms with Crippen LogP contribution in [0.25, 0.3) is 0 Å². The maximum atomic E-state index is 11.9. The predicted molar refractivity (Wildman–Crippen MR) is 79.5 cm³/mol. The molecule has 1 amide bonds. The zero-order valence-electron chi connectivity index (χ0n) is 11.5. The first kappa shape index (κ1) is 16.6. The van der Waals surface area contributed by atoms with Crippen LogP contribution in [-0.4, -0.2) is 46.5 Å². The number of hydrogen-bond acceptors (Lipinski definition) is 4. The van der Waals surface area contributed by atoms with Crippen molar-refractivity contribution in [2.45, 2.75) is 13.8 Å². The van der Waals surface area contributed by atoms with Gasteiger partial charge in [0.05, 0.1) is 13.1 Å². The van der Waals surface area contributed by atoms with Crippen LogP contribution in [0.3, 0.4) is 0 Å². The Balaban J connectivity index is 2.56. The number of carboxylic acid groups (broad SMARTS) is 1. The van der Waals surface area contributed by atoms with E-state index >= 15 is 0 Å². The molecule has 110 valence electrons. The number of nitrogens with zero attached hydrogens (tertiary/aromatic N) is 2. The van der Waals surface area contributed by atoms with Crippen LogP contribution in [-0.2, 0) is 9.59 Å². The van der Waals surface area contributed by atoms with Crippen LogP contribution < -0.4 is 5.32 Å². The Morgan fingerprint density at radius 2 is 2.10 bits per heavy atom. The van der Waals surface area contributed by atoms with Gasteiger partial charge in [0, 0.05) is 17.2 Å². The molecule has 0 atom stereocenters. The molecule has 1 heterocycles. The van der Waals surface area contributed by atoms with Gasteiger partial charge in [-0.05, 0) is 34.0 Å². The number of carboxylic acids is 1. The molecule has 1 rings (SSSR count). The van der Waals surface area contributed by atoms with Gasteiger partial charge in [-0.25, -0.2) is 4.98 Å². The molecule has 0 saturated carbocycles. The number of aromatic nitrogens is 1. The number of aliphatic carboxylic acids is 1. The lowest BCUT2D eigenvalue weighted by Crippen LogP contribution is -2.39. The van der Waals surface area contributed by atoms with E-state index in [0.29, 0.717) is 12.4 Å². The highest BCUT2D eigenvalue weighted by atomic mass is 79.9. The molecule has 7 heteroatoms. The Hall–Kier alpha value is -1.47. The minimum Gasteiger partial charge on any atom is -0.480 e. The third kappa shape index (κ3) is 6.63. The molecule has 0 spiro atoms. The van der Waals surface area contributed by atoms with Crippen LogP contribution in [0.5, 0.6) is 0 Å². The van der Waals surface area contributed by atoms with E-state index in [0.717, 1.165) is 4.47 Å². The molecule has 20 heavy (non-hydrogen) atoms. The van der Waals surface area contributed by atoms with E-state index in [4.69, 9.17) is 5.11 Å². The summed E-state index contributed by atoms with van der Waals surface area (Å²) in [7, 11) is 0. The highest BCUT2D eigenvalue weighted by molar-refractivity contribution is 9.10. The summed E-state index contributed by atoms with van der Waals surface area (Å²) in [6, 6.07) is 3.44. The molecule has 1 aromatic rings. The molecular formula is C13H18BrN3O3. The van der Waals surface area contributed by atoms with Crippen LogP contribution in [0.1, 0.15) is 13.8 Å². The first-order chi connectivity index (χ1) is 9.36. The number of hydrogen-bond donors (Lipinski definition) is 2. The van der Waals surface area contributed by atoms with Gasteiger partial charge in [0.1, 0.15) is 5.82 Å². The molecule has 0 aliphatic rings. The SMILES string of the molecule is CC(C)CN(CC(=O)O)CC(=O)Nc1ccc(Br)cn1. The highest BCUT2D eigenvalue weighted by Gasteiger charge is 2.15. The summed E-state index contributed by atoms with van der Waals surface area (Å²) >= 11 is 3.26. The summed E-state index contributed by atoms with van der Waals surface area (Å²) in [5, 5.41) is 11.5. The standard InChI is InChI=1S/C13H18BrN3O3/c1-9(2)6-17(8-13(19)20)7-12(18)16-11-4-3-10(14)5-15-11/h3-5,9H,6-8H2,1-2H3,(H,19,20)(H,15,16,18). The number of anilines is 1. The van der Waals surface area contributed by atoms with Crippen LogP contribution in [0.15, 0.2) is 22.8 Å². The normalized spacial score (nSPS) is 10.8. The Morgan fingerprint density at radius 1 is 1.40 bits per heavy atom. The van der Waals surface area contributed by atoms with Crippen molar-refractivity contribution in [3.8, 4) is 0 Å². The number of rotatable bonds is 7. The molecule has 1 aromatic heterocycles. The topological polar surface area (TPSA) is 82.5 Å². The molecule has 2 N–H and O–H groups in total. The van der Waals surface area contributed by atoms with Gasteiger partial charge in [0.25, 0.3) is 0 Å². The highest BCUT2D eigenvalue weighted by Crippen LogP contribution is 2.10. The van der Waals surface area contributed by atoms with Crippen molar-refractivity contribution in [3.63, 3.8) is 0 Å². The quantitative estimate of drug-likeness (QED) is 0.789. The van der Waals surface area contributed by atoms with Crippen molar-refractivity contribution < 1.29 is 14.7 Å². The fourth-order valence-corrected chi connectivity index (χ4v) is 1.96. The molecule has 6 nitrogen and oxygen atoms in total. The fourth-order valence-electron chi connectivity index (χ4n) is 1.73. The molecule has 0 aliphatic heterocycles. The second kappa shape index (κ2) is 7.96. The minimum atomic E-state index is -0.944. The largest absolute Gasteiger partial charge is 0.480 e. The maximum absolute atomic E-state index is 11.9. The zero-order chi connectivity index (χ0) is 15.1. The smallest absolute Gasteiger partial charge is 0.317 e. The van der Waals surface area contributed by atoms with Crippen molar-refractivity contribution in [1.82, 2.24) is 9.88 Å². The van der Waals surface area contributed by atoms with Crippen molar-refractivity contribution in [1.29, 1.82) is 0 Å². The van der Waals surface area contributed by atoms with Crippen LogP contribution in [0, 0.1) is 5.92 Å². The van der Waals surface area contributed by atoms with E-state index in [2.05, 4.69) is 26.2 Å². The first-order valence-electron chi connectivity index (χ1n) is 6.22. The minimum absolute atomic E-state index is 0.0300. The summed E-state index contributed by atoms with van der Waals surface area (Å²) in [5.41, 5.74) is 0. The Morgan fingerprint density at radius 3 is 2.60 bits per heavy atom. The van der Waals surface area contributed by atoms with E-state index in [-0.39, 0.29) is 24.9 Å². The van der Waals surface area contributed by atoms with Crippen LogP contribution >= 0.6 is 15.9 Å². The van der Waals surface area contributed by atoms with Gasteiger partial charge < -0.3 is 10.4 Å². The molecular weight excluding hydrogens is 326 g/mol. The third-order valence-corrected chi connectivity index (χ3v) is 2.81. The Kier molecular flexibility index (Phi) is 6.60. The number of pyridine rings is 1. The summed E-state index contributed by atoms with van der Waals surface area (Å²) in [4.78, 5) is 28.3. The molecule has 0 saturated heterocycles. The van der Waals surface area contributed by atoms with Crippen molar-refractivity contribution in [3.05, 3.63) is 22.8 Å². The van der Waals surface area contributed by atoms with Gasteiger partial charge in [-0.1, -0.05) is 13.8 Å². The van der Waals surface area contributed by atoms with Gasteiger partial charge in [-0.2, -0.15) is 0 Å². The number of carbonyl (C=O) groups is 2. The molecule has 0 radical (unpaired) electrons. The van der Waals surface area contributed by atoms with Gasteiger partial charge in [-0.15, -0.1) is 0 Å². The summed E-state index contributed by atoms with van der Waals surface area (Å²) in [6.07, 6.45) is 1.58. The lowest BCUT2D eigenvalue weighted by atomic mass is 10.2. The van der Waals surface area contributed by atoms with E-state index in [1.54, 1.807) is 23.2 Å². The molecule has 0 aliphatic carbocycles. The van der Waals surface area contributed by atoms with Crippen molar-refractivity contribution in [2.24, 2.45) is 5.92 Å². The maximum Gasteiger partial charge on any atom is 0.317 e. The monoisotopic (exact) mass is 343 g/mol. The van der Waals surface area contributed by atoms with Crippen molar-refractivity contribution >= 4 is 33.6 Å². The molecule has 0 fully saturated rings. The molecule has 0 unspecified atom stereocenters. The van der Waals surface area contributed by atoms with Gasteiger partial charge >= 0.3 is 5.97 Å². The average molecular weight is 344 g/mol. The van der Waals surface area contributed by atoms with Gasteiger partial charge in [0.15, 0.2) is 0 Å². The number of carbonyl (C=O) groups excluding carboxylic acids is 1. The van der Waals surface area contributed by atoms with Crippen LogP contribution in [0.4, 0.5) is 5.82 Å². The Labute approximate surface area is 126 Å².